The highest BCUT2D eigenvalue weighted by molar-refractivity contribution is 7.07. The van der Waals surface area contributed by atoms with Crippen LogP contribution >= 0.6 is 11.3 Å². The number of nitrogens with one attached hydrogen (secondary N) is 1. The first kappa shape index (κ1) is 19.1. The first-order valence-corrected chi connectivity index (χ1v) is 11.0. The summed E-state index contributed by atoms with van der Waals surface area (Å²) in [6.07, 6.45) is 1.16. The molecule has 1 aromatic heterocycles. The maximum absolute atomic E-state index is 5.48. The SMILES string of the molecule is c1ccc(CN=c2scc(-c3ccccc3)n2CCC[NH+]2CCOCC2)cc1. The molecule has 0 atom stereocenters. The predicted octanol–water partition coefficient (Wildman–Crippen LogP) is 2.62. The van der Waals surface area contributed by atoms with Crippen LogP contribution in [0.4, 0.5) is 0 Å². The Morgan fingerprint density at radius 1 is 0.964 bits per heavy atom. The average Bonchev–Trinajstić information content (AvgIpc) is 3.17. The van der Waals surface area contributed by atoms with Crippen molar-refractivity contribution in [2.75, 3.05) is 32.8 Å². The minimum absolute atomic E-state index is 0.726. The second kappa shape index (κ2) is 9.82. The molecule has 28 heavy (non-hydrogen) atoms. The van der Waals surface area contributed by atoms with E-state index in [1.54, 1.807) is 16.2 Å². The van der Waals surface area contributed by atoms with Crippen molar-refractivity contribution in [2.24, 2.45) is 4.99 Å². The van der Waals surface area contributed by atoms with E-state index in [0.717, 1.165) is 50.6 Å². The fourth-order valence-corrected chi connectivity index (χ4v) is 4.59. The molecule has 2 heterocycles. The van der Waals surface area contributed by atoms with Gasteiger partial charge in [0.1, 0.15) is 13.1 Å². The van der Waals surface area contributed by atoms with Gasteiger partial charge in [-0.2, -0.15) is 0 Å². The third-order valence-electron chi connectivity index (χ3n) is 5.22. The Balaban J connectivity index is 1.54. The number of aromatic nitrogens is 1. The van der Waals surface area contributed by atoms with Crippen molar-refractivity contribution in [3.63, 3.8) is 0 Å². The highest BCUT2D eigenvalue weighted by atomic mass is 32.1. The molecule has 5 heteroatoms. The molecule has 1 saturated heterocycles. The normalized spacial score (nSPS) is 15.8. The molecule has 3 aromatic rings. The highest BCUT2D eigenvalue weighted by Gasteiger charge is 2.14. The number of hydrogen-bond acceptors (Lipinski definition) is 3. The summed E-state index contributed by atoms with van der Waals surface area (Å²) in [6.45, 7) is 6.98. The van der Waals surface area contributed by atoms with E-state index < -0.39 is 0 Å². The van der Waals surface area contributed by atoms with E-state index in [0.29, 0.717) is 0 Å². The minimum atomic E-state index is 0.726. The van der Waals surface area contributed by atoms with Crippen LogP contribution in [0.3, 0.4) is 0 Å². The van der Waals surface area contributed by atoms with E-state index in [4.69, 9.17) is 9.73 Å². The molecule has 0 saturated carbocycles. The Bertz CT molecular complexity index is 912. The molecule has 4 nitrogen and oxygen atoms in total. The smallest absolute Gasteiger partial charge is 0.185 e. The van der Waals surface area contributed by atoms with Crippen LogP contribution in [-0.2, 0) is 17.8 Å². The second-order valence-electron chi connectivity index (χ2n) is 7.19. The number of quaternary nitrogens is 1. The Labute approximate surface area is 170 Å². The largest absolute Gasteiger partial charge is 0.370 e. The molecule has 1 aliphatic heterocycles. The maximum Gasteiger partial charge on any atom is 0.185 e. The van der Waals surface area contributed by atoms with Crippen molar-refractivity contribution >= 4 is 11.3 Å². The lowest BCUT2D eigenvalue weighted by molar-refractivity contribution is -0.908. The van der Waals surface area contributed by atoms with Gasteiger partial charge in [0, 0.05) is 18.3 Å². The lowest BCUT2D eigenvalue weighted by Gasteiger charge is -2.23. The number of morpholine rings is 1. The molecule has 1 aliphatic rings. The number of nitrogens with zero attached hydrogens (tertiary/aromatic N) is 2. The van der Waals surface area contributed by atoms with Gasteiger partial charge in [-0.25, -0.2) is 0 Å². The van der Waals surface area contributed by atoms with Gasteiger partial charge in [0.05, 0.1) is 32.0 Å². The summed E-state index contributed by atoms with van der Waals surface area (Å²) in [5.74, 6) is 0. The average molecular weight is 395 g/mol. The number of ether oxygens (including phenoxy) is 1. The molecule has 4 rings (SSSR count). The van der Waals surface area contributed by atoms with Gasteiger partial charge in [-0.3, -0.25) is 4.99 Å². The molecule has 0 amide bonds. The van der Waals surface area contributed by atoms with Gasteiger partial charge >= 0.3 is 0 Å². The van der Waals surface area contributed by atoms with Crippen LogP contribution in [0.25, 0.3) is 11.3 Å². The number of benzene rings is 2. The summed E-state index contributed by atoms with van der Waals surface area (Å²) in [7, 11) is 0. The quantitative estimate of drug-likeness (QED) is 0.656. The van der Waals surface area contributed by atoms with Crippen molar-refractivity contribution in [1.82, 2.24) is 4.57 Å². The summed E-state index contributed by atoms with van der Waals surface area (Å²) in [5, 5.41) is 2.25. The van der Waals surface area contributed by atoms with Crippen LogP contribution in [0.1, 0.15) is 12.0 Å². The van der Waals surface area contributed by atoms with Gasteiger partial charge in [-0.1, -0.05) is 60.7 Å². The van der Waals surface area contributed by atoms with E-state index >= 15 is 0 Å². The van der Waals surface area contributed by atoms with Gasteiger partial charge in [-0.05, 0) is 11.1 Å². The van der Waals surface area contributed by atoms with Gasteiger partial charge in [0.25, 0.3) is 0 Å². The Morgan fingerprint density at radius 3 is 2.43 bits per heavy atom. The van der Waals surface area contributed by atoms with E-state index in [1.165, 1.54) is 23.4 Å². The Kier molecular flexibility index (Phi) is 6.71. The van der Waals surface area contributed by atoms with Crippen LogP contribution in [-0.4, -0.2) is 37.4 Å². The van der Waals surface area contributed by atoms with Crippen molar-refractivity contribution in [3.05, 3.63) is 76.4 Å². The van der Waals surface area contributed by atoms with Gasteiger partial charge in [0.15, 0.2) is 4.80 Å². The molecule has 1 fully saturated rings. The van der Waals surface area contributed by atoms with Crippen molar-refractivity contribution in [1.29, 1.82) is 0 Å². The Hall–Kier alpha value is -2.21. The summed E-state index contributed by atoms with van der Waals surface area (Å²) in [5.41, 5.74) is 3.79. The maximum atomic E-state index is 5.48. The van der Waals surface area contributed by atoms with Crippen LogP contribution < -0.4 is 9.70 Å². The molecular weight excluding hydrogens is 366 g/mol. The first-order valence-electron chi connectivity index (χ1n) is 10.1. The molecule has 146 valence electrons. The summed E-state index contributed by atoms with van der Waals surface area (Å²) in [6, 6.07) is 21.1. The topological polar surface area (TPSA) is 31.0 Å². The van der Waals surface area contributed by atoms with Crippen LogP contribution in [0, 0.1) is 0 Å². The zero-order chi connectivity index (χ0) is 19.0. The second-order valence-corrected chi connectivity index (χ2v) is 8.03. The fourth-order valence-electron chi connectivity index (χ4n) is 3.65. The summed E-state index contributed by atoms with van der Waals surface area (Å²) < 4.78 is 7.89. The molecule has 0 unspecified atom stereocenters. The van der Waals surface area contributed by atoms with E-state index in [9.17, 15) is 0 Å². The molecule has 2 aromatic carbocycles. The molecule has 0 radical (unpaired) electrons. The van der Waals surface area contributed by atoms with Gasteiger partial charge < -0.3 is 14.2 Å². The standard InChI is InChI=1S/C23H27N3OS/c1-3-8-20(9-4-1)18-24-23-26(13-7-12-25-14-16-27-17-15-25)22(19-28-23)21-10-5-2-6-11-21/h1-6,8-11,19H,7,12-18H2/p+1. The molecule has 1 N–H and O–H groups in total. The van der Waals surface area contributed by atoms with Crippen molar-refractivity contribution in [2.45, 2.75) is 19.5 Å². The molecular formula is C23H28N3OS+. The first-order chi connectivity index (χ1) is 13.9. The van der Waals surface area contributed by atoms with E-state index in [1.807, 2.05) is 0 Å². The third kappa shape index (κ3) is 4.98. The zero-order valence-corrected chi connectivity index (χ0v) is 17.0. The van der Waals surface area contributed by atoms with Crippen LogP contribution in [0.2, 0.25) is 0 Å². The van der Waals surface area contributed by atoms with E-state index in [2.05, 4.69) is 70.6 Å². The number of hydrogen-bond donors (Lipinski definition) is 1. The lowest BCUT2D eigenvalue weighted by atomic mass is 10.2. The van der Waals surface area contributed by atoms with Crippen molar-refractivity contribution in [3.8, 4) is 11.3 Å². The summed E-state index contributed by atoms with van der Waals surface area (Å²) in [4.78, 5) is 7.71. The third-order valence-corrected chi connectivity index (χ3v) is 6.12. The highest BCUT2D eigenvalue weighted by Crippen LogP contribution is 2.20. The van der Waals surface area contributed by atoms with Crippen LogP contribution in [0.15, 0.2) is 71.0 Å². The van der Waals surface area contributed by atoms with E-state index in [-0.39, 0.29) is 0 Å². The summed E-state index contributed by atoms with van der Waals surface area (Å²) >= 11 is 1.75. The molecule has 0 aliphatic carbocycles. The minimum Gasteiger partial charge on any atom is -0.370 e. The zero-order valence-electron chi connectivity index (χ0n) is 16.2. The molecule has 0 spiro atoms. The fraction of sp³-hybridized carbons (Fsp3) is 0.348. The van der Waals surface area contributed by atoms with Crippen LogP contribution in [0.5, 0.6) is 0 Å². The predicted molar refractivity (Wildman–Crippen MR) is 114 cm³/mol. The molecule has 0 bridgehead atoms. The number of thiazole rings is 1. The van der Waals surface area contributed by atoms with Gasteiger partial charge in [0.2, 0.25) is 0 Å². The monoisotopic (exact) mass is 394 g/mol. The Morgan fingerprint density at radius 2 is 1.68 bits per heavy atom. The van der Waals surface area contributed by atoms with Crippen molar-refractivity contribution < 1.29 is 9.64 Å². The van der Waals surface area contributed by atoms with Gasteiger partial charge in [-0.15, -0.1) is 11.3 Å². The lowest BCUT2D eigenvalue weighted by Crippen LogP contribution is -3.14. The number of rotatable bonds is 7.